The Morgan fingerprint density at radius 2 is 1.36 bits per heavy atom. The highest BCUT2D eigenvalue weighted by molar-refractivity contribution is 5.83. The average molecular weight is 451 g/mol. The minimum absolute atomic E-state index is 0.0487. The number of nitrogens with zero attached hydrogens (tertiary/aromatic N) is 3. The van der Waals surface area contributed by atoms with Gasteiger partial charge in [-0.25, -0.2) is 0 Å². The first-order valence-electron chi connectivity index (χ1n) is 10.7. The lowest BCUT2D eigenvalue weighted by Crippen LogP contribution is -2.30. The van der Waals surface area contributed by atoms with Crippen molar-refractivity contribution in [2.45, 2.75) is 19.3 Å². The number of carbonyl (C=O) groups excluding carboxylic acids is 1. The molecule has 8 heteroatoms. The van der Waals surface area contributed by atoms with Gasteiger partial charge in [-0.1, -0.05) is 0 Å². The van der Waals surface area contributed by atoms with Crippen LogP contribution in [0, 0.1) is 0 Å². The van der Waals surface area contributed by atoms with Crippen molar-refractivity contribution in [2.75, 3.05) is 39.3 Å². The lowest BCUT2D eigenvalue weighted by atomic mass is 10.0. The van der Waals surface area contributed by atoms with Gasteiger partial charge in [0, 0.05) is 37.9 Å². The number of methoxy groups -OCH3 is 3. The predicted octanol–water partition coefficient (Wildman–Crippen LogP) is 2.82. The van der Waals surface area contributed by atoms with E-state index in [1.165, 1.54) is 0 Å². The number of ether oxygens (including phenoxy) is 3. The van der Waals surface area contributed by atoms with Crippen LogP contribution in [0.25, 0.3) is 0 Å². The second-order valence-corrected chi connectivity index (χ2v) is 7.49. The number of rotatable bonds is 12. The number of amides is 1. The standard InChI is InChI=1S/C25H30N4O4/c1-31-21-16-20(17-22(26)30)23(25(33-3)24(21)32-2)29(14-8-18-4-10-27-11-5-18)15-9-19-6-12-28-13-7-19/h4-7,10-13,16H,8-9,14-15,17H2,1-3H3,(H2,26,30). The van der Waals surface area contributed by atoms with Crippen molar-refractivity contribution in [3.05, 3.63) is 71.8 Å². The summed E-state index contributed by atoms with van der Waals surface area (Å²) in [5.41, 5.74) is 9.42. The van der Waals surface area contributed by atoms with E-state index in [1.807, 2.05) is 24.3 Å². The van der Waals surface area contributed by atoms with Gasteiger partial charge in [0.1, 0.15) is 0 Å². The number of aromatic nitrogens is 2. The van der Waals surface area contributed by atoms with E-state index in [0.29, 0.717) is 30.3 Å². The molecule has 2 N–H and O–H groups in total. The molecule has 3 aromatic rings. The summed E-state index contributed by atoms with van der Waals surface area (Å²) in [6.45, 7) is 1.37. The molecule has 0 bridgehead atoms. The molecule has 0 unspecified atom stereocenters. The molecule has 0 aliphatic heterocycles. The molecule has 1 amide bonds. The number of anilines is 1. The largest absolute Gasteiger partial charge is 0.493 e. The molecule has 8 nitrogen and oxygen atoms in total. The molecule has 0 aliphatic rings. The fourth-order valence-electron chi connectivity index (χ4n) is 3.82. The first-order chi connectivity index (χ1) is 16.1. The van der Waals surface area contributed by atoms with Gasteiger partial charge < -0.3 is 24.8 Å². The Balaban J connectivity index is 2.05. The van der Waals surface area contributed by atoms with Gasteiger partial charge in [0.2, 0.25) is 11.7 Å². The maximum atomic E-state index is 11.9. The SMILES string of the molecule is COc1cc(CC(N)=O)c(N(CCc2ccncc2)CCc2ccncc2)c(OC)c1OC. The molecule has 0 fully saturated rings. The topological polar surface area (TPSA) is 99.8 Å². The second-order valence-electron chi connectivity index (χ2n) is 7.49. The van der Waals surface area contributed by atoms with E-state index >= 15 is 0 Å². The van der Waals surface area contributed by atoms with Gasteiger partial charge in [-0.05, 0) is 59.9 Å². The van der Waals surface area contributed by atoms with E-state index < -0.39 is 5.91 Å². The summed E-state index contributed by atoms with van der Waals surface area (Å²) in [6.07, 6.45) is 8.75. The quantitative estimate of drug-likeness (QED) is 0.453. The van der Waals surface area contributed by atoms with Crippen molar-refractivity contribution < 1.29 is 19.0 Å². The van der Waals surface area contributed by atoms with E-state index in [0.717, 1.165) is 35.2 Å². The number of hydrogen-bond donors (Lipinski definition) is 1. The number of hydrogen-bond acceptors (Lipinski definition) is 7. The van der Waals surface area contributed by atoms with E-state index in [-0.39, 0.29) is 6.42 Å². The lowest BCUT2D eigenvalue weighted by molar-refractivity contribution is -0.117. The molecule has 0 radical (unpaired) electrons. The van der Waals surface area contributed by atoms with Crippen molar-refractivity contribution in [1.29, 1.82) is 0 Å². The smallest absolute Gasteiger partial charge is 0.221 e. The summed E-state index contributed by atoms with van der Waals surface area (Å²) in [4.78, 5) is 22.3. The predicted molar refractivity (Wildman–Crippen MR) is 127 cm³/mol. The summed E-state index contributed by atoms with van der Waals surface area (Å²) in [7, 11) is 4.70. The Kier molecular flexibility index (Phi) is 8.46. The lowest BCUT2D eigenvalue weighted by Gasteiger charge is -2.30. The molecular formula is C25H30N4O4. The van der Waals surface area contributed by atoms with Crippen molar-refractivity contribution in [1.82, 2.24) is 9.97 Å². The third-order valence-corrected chi connectivity index (χ3v) is 5.40. The Labute approximate surface area is 194 Å². The van der Waals surface area contributed by atoms with Crippen LogP contribution in [0.15, 0.2) is 55.1 Å². The third kappa shape index (κ3) is 6.12. The molecule has 0 aliphatic carbocycles. The molecule has 3 rings (SSSR count). The van der Waals surface area contributed by atoms with Gasteiger partial charge in [0.15, 0.2) is 11.5 Å². The molecule has 2 heterocycles. The second kappa shape index (κ2) is 11.7. The van der Waals surface area contributed by atoms with Crippen LogP contribution in [0.3, 0.4) is 0 Å². The summed E-state index contributed by atoms with van der Waals surface area (Å²) in [5.74, 6) is 1.03. The van der Waals surface area contributed by atoms with E-state index in [1.54, 1.807) is 52.2 Å². The van der Waals surface area contributed by atoms with Crippen molar-refractivity contribution in [3.63, 3.8) is 0 Å². The molecule has 0 atom stereocenters. The van der Waals surface area contributed by atoms with Crippen molar-refractivity contribution in [2.24, 2.45) is 5.73 Å². The molecule has 0 saturated carbocycles. The van der Waals surface area contributed by atoms with Gasteiger partial charge in [0.25, 0.3) is 0 Å². The zero-order valence-corrected chi connectivity index (χ0v) is 19.3. The number of nitrogens with two attached hydrogens (primary N) is 1. The fourth-order valence-corrected chi connectivity index (χ4v) is 3.82. The van der Waals surface area contributed by atoms with Gasteiger partial charge in [-0.15, -0.1) is 0 Å². The monoisotopic (exact) mass is 450 g/mol. The van der Waals surface area contributed by atoms with Gasteiger partial charge in [-0.2, -0.15) is 0 Å². The highest BCUT2D eigenvalue weighted by atomic mass is 16.5. The molecule has 0 spiro atoms. The van der Waals surface area contributed by atoms with Gasteiger partial charge in [0.05, 0.1) is 33.4 Å². The first kappa shape index (κ1) is 23.8. The third-order valence-electron chi connectivity index (χ3n) is 5.40. The first-order valence-corrected chi connectivity index (χ1v) is 10.7. The summed E-state index contributed by atoms with van der Waals surface area (Å²) >= 11 is 0. The van der Waals surface area contributed by atoms with Crippen LogP contribution in [0.4, 0.5) is 5.69 Å². The molecular weight excluding hydrogens is 420 g/mol. The minimum atomic E-state index is -0.436. The van der Waals surface area contributed by atoms with E-state index in [2.05, 4.69) is 14.9 Å². The molecule has 2 aromatic heterocycles. The van der Waals surface area contributed by atoms with Crippen LogP contribution >= 0.6 is 0 Å². The van der Waals surface area contributed by atoms with Gasteiger partial charge >= 0.3 is 0 Å². The zero-order chi connectivity index (χ0) is 23.6. The Morgan fingerprint density at radius 3 is 1.79 bits per heavy atom. The van der Waals surface area contributed by atoms with Crippen LogP contribution in [0.5, 0.6) is 17.2 Å². The number of benzene rings is 1. The maximum absolute atomic E-state index is 11.9. The van der Waals surface area contributed by atoms with E-state index in [9.17, 15) is 4.79 Å². The van der Waals surface area contributed by atoms with Crippen LogP contribution in [0.1, 0.15) is 16.7 Å². The van der Waals surface area contributed by atoms with Crippen molar-refractivity contribution in [3.8, 4) is 17.2 Å². The number of primary amides is 1. The zero-order valence-electron chi connectivity index (χ0n) is 19.3. The Bertz CT molecular complexity index is 1000. The van der Waals surface area contributed by atoms with E-state index in [4.69, 9.17) is 19.9 Å². The highest BCUT2D eigenvalue weighted by Crippen LogP contribution is 2.47. The Morgan fingerprint density at radius 1 is 0.848 bits per heavy atom. The molecule has 1 aromatic carbocycles. The summed E-state index contributed by atoms with van der Waals surface area (Å²) in [6, 6.07) is 9.79. The van der Waals surface area contributed by atoms with Crippen LogP contribution < -0.4 is 24.8 Å². The summed E-state index contributed by atoms with van der Waals surface area (Å²) in [5, 5.41) is 0. The minimum Gasteiger partial charge on any atom is -0.493 e. The maximum Gasteiger partial charge on any atom is 0.221 e. The normalized spacial score (nSPS) is 10.5. The van der Waals surface area contributed by atoms with Crippen molar-refractivity contribution >= 4 is 11.6 Å². The van der Waals surface area contributed by atoms with Gasteiger partial charge in [-0.3, -0.25) is 14.8 Å². The fraction of sp³-hybridized carbons (Fsp3) is 0.320. The number of carbonyl (C=O) groups is 1. The van der Waals surface area contributed by atoms with Crippen LogP contribution in [-0.2, 0) is 24.1 Å². The van der Waals surface area contributed by atoms with Crippen LogP contribution in [0.2, 0.25) is 0 Å². The Hall–Kier alpha value is -3.81. The average Bonchev–Trinajstić information content (AvgIpc) is 2.84. The highest BCUT2D eigenvalue weighted by Gasteiger charge is 2.25. The number of pyridine rings is 2. The summed E-state index contributed by atoms with van der Waals surface area (Å²) < 4.78 is 16.9. The molecule has 174 valence electrons. The van der Waals surface area contributed by atoms with Crippen LogP contribution in [-0.4, -0.2) is 50.3 Å². The molecule has 33 heavy (non-hydrogen) atoms. The molecule has 0 saturated heterocycles.